The minimum absolute atomic E-state index is 0.0339. The Bertz CT molecular complexity index is 488. The normalized spacial score (nSPS) is 10.8. The Hall–Kier alpha value is -1.75. The quantitative estimate of drug-likeness (QED) is 0.880. The van der Waals surface area contributed by atoms with E-state index < -0.39 is 11.6 Å². The van der Waals surface area contributed by atoms with Crippen molar-refractivity contribution in [2.75, 3.05) is 7.05 Å². The lowest BCUT2D eigenvalue weighted by Crippen LogP contribution is -2.06. The topological polar surface area (TPSA) is 29.9 Å². The summed E-state index contributed by atoms with van der Waals surface area (Å²) in [5, 5.41) is 7.04. The predicted molar refractivity (Wildman–Crippen MR) is 60.5 cm³/mol. The van der Waals surface area contributed by atoms with E-state index in [1.54, 1.807) is 12.4 Å². The van der Waals surface area contributed by atoms with Crippen molar-refractivity contribution in [3.05, 3.63) is 53.4 Å². The molecule has 2 aromatic rings. The molecule has 0 saturated heterocycles. The molecule has 0 bridgehead atoms. The van der Waals surface area contributed by atoms with Gasteiger partial charge in [0.15, 0.2) is 0 Å². The van der Waals surface area contributed by atoms with E-state index in [-0.39, 0.29) is 12.1 Å². The molecule has 0 unspecified atom stereocenters. The number of hydrogen-bond donors (Lipinski definition) is 1. The van der Waals surface area contributed by atoms with Crippen molar-refractivity contribution >= 4 is 0 Å². The van der Waals surface area contributed by atoms with Crippen molar-refractivity contribution in [1.29, 1.82) is 0 Å². The van der Waals surface area contributed by atoms with E-state index in [0.29, 0.717) is 6.54 Å². The molecule has 0 aliphatic rings. The van der Waals surface area contributed by atoms with E-state index in [1.807, 2.05) is 7.05 Å². The first-order valence-electron chi connectivity index (χ1n) is 5.29. The Morgan fingerprint density at radius 3 is 2.65 bits per heavy atom. The van der Waals surface area contributed by atoms with E-state index in [0.717, 1.165) is 5.56 Å². The largest absolute Gasteiger partial charge is 0.316 e. The standard InChI is InChI=1S/C12H13F2N3/c1-15-5-9-6-16-17(7-9)8-10-11(13)3-2-4-12(10)14/h2-4,6-7,15H,5,8H2,1H3. The zero-order valence-electron chi connectivity index (χ0n) is 9.45. The summed E-state index contributed by atoms with van der Waals surface area (Å²) in [6, 6.07) is 3.84. The molecule has 1 heterocycles. The second-order valence-corrected chi connectivity index (χ2v) is 3.78. The van der Waals surface area contributed by atoms with Gasteiger partial charge in [-0.25, -0.2) is 8.78 Å². The van der Waals surface area contributed by atoms with E-state index in [1.165, 1.54) is 22.9 Å². The van der Waals surface area contributed by atoms with Crippen LogP contribution >= 0.6 is 0 Å². The molecule has 90 valence electrons. The van der Waals surface area contributed by atoms with Crippen LogP contribution in [-0.4, -0.2) is 16.8 Å². The Labute approximate surface area is 98.1 Å². The average molecular weight is 237 g/mol. The molecule has 1 aromatic heterocycles. The van der Waals surface area contributed by atoms with Crippen LogP contribution in [0.25, 0.3) is 0 Å². The maximum absolute atomic E-state index is 13.4. The first kappa shape index (κ1) is 11.7. The summed E-state index contributed by atoms with van der Waals surface area (Å²) in [7, 11) is 1.83. The number of rotatable bonds is 4. The van der Waals surface area contributed by atoms with E-state index in [9.17, 15) is 8.78 Å². The van der Waals surface area contributed by atoms with Crippen LogP contribution in [0.1, 0.15) is 11.1 Å². The molecular formula is C12H13F2N3. The van der Waals surface area contributed by atoms with Crippen LogP contribution in [0.4, 0.5) is 8.78 Å². The number of nitrogens with one attached hydrogen (secondary N) is 1. The second-order valence-electron chi connectivity index (χ2n) is 3.78. The van der Waals surface area contributed by atoms with Gasteiger partial charge in [-0.2, -0.15) is 5.10 Å². The smallest absolute Gasteiger partial charge is 0.131 e. The summed E-state index contributed by atoms with van der Waals surface area (Å²) in [4.78, 5) is 0. The molecule has 2 rings (SSSR count). The molecule has 0 fully saturated rings. The van der Waals surface area contributed by atoms with Crippen LogP contribution in [0.15, 0.2) is 30.6 Å². The fourth-order valence-corrected chi connectivity index (χ4v) is 1.63. The average Bonchev–Trinajstić information content (AvgIpc) is 2.72. The first-order chi connectivity index (χ1) is 8.20. The molecule has 0 saturated carbocycles. The molecule has 0 radical (unpaired) electrons. The van der Waals surface area contributed by atoms with Gasteiger partial charge in [-0.05, 0) is 19.2 Å². The molecule has 0 aliphatic heterocycles. The van der Waals surface area contributed by atoms with Gasteiger partial charge in [-0.15, -0.1) is 0 Å². The van der Waals surface area contributed by atoms with Crippen molar-refractivity contribution in [2.24, 2.45) is 0 Å². The molecule has 5 heteroatoms. The van der Waals surface area contributed by atoms with Gasteiger partial charge in [-0.1, -0.05) is 6.07 Å². The molecule has 3 nitrogen and oxygen atoms in total. The van der Waals surface area contributed by atoms with Gasteiger partial charge in [0.2, 0.25) is 0 Å². The Morgan fingerprint density at radius 1 is 1.29 bits per heavy atom. The summed E-state index contributed by atoms with van der Waals surface area (Å²) in [5.74, 6) is -1.09. The van der Waals surface area contributed by atoms with Crippen LogP contribution in [0.2, 0.25) is 0 Å². The van der Waals surface area contributed by atoms with Crippen molar-refractivity contribution in [3.8, 4) is 0 Å². The highest BCUT2D eigenvalue weighted by molar-refractivity contribution is 5.20. The highest BCUT2D eigenvalue weighted by Gasteiger charge is 2.09. The Kier molecular flexibility index (Phi) is 3.49. The van der Waals surface area contributed by atoms with E-state index in [4.69, 9.17) is 0 Å². The van der Waals surface area contributed by atoms with Crippen LogP contribution in [-0.2, 0) is 13.1 Å². The summed E-state index contributed by atoms with van der Waals surface area (Å²) in [5.41, 5.74) is 1.01. The molecule has 0 aliphatic carbocycles. The highest BCUT2D eigenvalue weighted by Crippen LogP contribution is 2.13. The predicted octanol–water partition coefficient (Wildman–Crippen LogP) is 1.93. The van der Waals surface area contributed by atoms with Crippen molar-refractivity contribution < 1.29 is 8.78 Å². The fourth-order valence-electron chi connectivity index (χ4n) is 1.63. The van der Waals surface area contributed by atoms with Gasteiger partial charge >= 0.3 is 0 Å². The maximum Gasteiger partial charge on any atom is 0.131 e. The first-order valence-corrected chi connectivity index (χ1v) is 5.29. The molecule has 17 heavy (non-hydrogen) atoms. The number of nitrogens with zero attached hydrogens (tertiary/aromatic N) is 2. The van der Waals surface area contributed by atoms with Gasteiger partial charge in [-0.3, -0.25) is 4.68 Å². The summed E-state index contributed by atoms with van der Waals surface area (Å²) >= 11 is 0. The Morgan fingerprint density at radius 2 is 2.00 bits per heavy atom. The summed E-state index contributed by atoms with van der Waals surface area (Å²) < 4.78 is 28.3. The molecular weight excluding hydrogens is 224 g/mol. The van der Waals surface area contributed by atoms with Gasteiger partial charge in [0.05, 0.1) is 12.7 Å². The molecule has 1 aromatic carbocycles. The van der Waals surface area contributed by atoms with Crippen LogP contribution in [0.5, 0.6) is 0 Å². The zero-order valence-corrected chi connectivity index (χ0v) is 9.45. The minimum Gasteiger partial charge on any atom is -0.316 e. The van der Waals surface area contributed by atoms with Gasteiger partial charge in [0, 0.05) is 23.9 Å². The second kappa shape index (κ2) is 5.05. The van der Waals surface area contributed by atoms with Crippen molar-refractivity contribution in [1.82, 2.24) is 15.1 Å². The lowest BCUT2D eigenvalue weighted by atomic mass is 10.2. The highest BCUT2D eigenvalue weighted by atomic mass is 19.1. The lowest BCUT2D eigenvalue weighted by Gasteiger charge is -2.04. The lowest BCUT2D eigenvalue weighted by molar-refractivity contribution is 0.533. The maximum atomic E-state index is 13.4. The summed E-state index contributed by atoms with van der Waals surface area (Å²) in [6.45, 7) is 0.780. The van der Waals surface area contributed by atoms with Gasteiger partial charge < -0.3 is 5.32 Å². The fraction of sp³-hybridized carbons (Fsp3) is 0.250. The minimum atomic E-state index is -0.546. The zero-order chi connectivity index (χ0) is 12.3. The van der Waals surface area contributed by atoms with Crippen molar-refractivity contribution in [2.45, 2.75) is 13.1 Å². The van der Waals surface area contributed by atoms with Crippen LogP contribution < -0.4 is 5.32 Å². The third-order valence-corrected chi connectivity index (χ3v) is 2.45. The number of halogens is 2. The Balaban J connectivity index is 2.19. The van der Waals surface area contributed by atoms with Gasteiger partial charge in [0.25, 0.3) is 0 Å². The molecule has 0 spiro atoms. The monoisotopic (exact) mass is 237 g/mol. The summed E-state index contributed by atoms with van der Waals surface area (Å²) in [6.07, 6.45) is 3.44. The van der Waals surface area contributed by atoms with Gasteiger partial charge in [0.1, 0.15) is 11.6 Å². The molecule has 0 amide bonds. The SMILES string of the molecule is CNCc1cnn(Cc2c(F)cccc2F)c1. The third-order valence-electron chi connectivity index (χ3n) is 2.45. The molecule has 1 N–H and O–H groups in total. The third kappa shape index (κ3) is 2.68. The van der Waals surface area contributed by atoms with Crippen LogP contribution in [0.3, 0.4) is 0 Å². The number of benzene rings is 1. The molecule has 0 atom stereocenters. The van der Waals surface area contributed by atoms with Crippen LogP contribution in [0, 0.1) is 11.6 Å². The van der Waals surface area contributed by atoms with E-state index in [2.05, 4.69) is 10.4 Å². The van der Waals surface area contributed by atoms with Crippen molar-refractivity contribution in [3.63, 3.8) is 0 Å². The van der Waals surface area contributed by atoms with E-state index >= 15 is 0 Å². The number of aromatic nitrogens is 2. The number of hydrogen-bond acceptors (Lipinski definition) is 2.